The molecule has 0 radical (unpaired) electrons. The van der Waals surface area contributed by atoms with Crippen molar-refractivity contribution >= 4 is 21.8 Å². The third-order valence-corrected chi connectivity index (χ3v) is 4.69. The Hall–Kier alpha value is -2.66. The van der Waals surface area contributed by atoms with Crippen molar-refractivity contribution in [3.63, 3.8) is 0 Å². The molecule has 2 aromatic heterocycles. The molecule has 0 saturated carbocycles. The van der Waals surface area contributed by atoms with Gasteiger partial charge in [0.05, 0.1) is 0 Å². The number of nitrogens with zero attached hydrogens (tertiary/aromatic N) is 4. The van der Waals surface area contributed by atoms with Gasteiger partial charge in [0.1, 0.15) is 12.7 Å². The highest BCUT2D eigenvalue weighted by molar-refractivity contribution is 6.08. The minimum Gasteiger partial charge on any atom is -0.341 e. The molecule has 0 bridgehead atoms. The standard InChI is InChI=1S/C20H23N5/c1-2-25-19-7-4-3-6-17(19)18-12-16(8-9-20(18)25)13-21-10-5-11-24-15-22-14-23-24/h3-4,6-9,12,14-15,21H,2,5,10-11,13H2,1H3. The summed E-state index contributed by atoms with van der Waals surface area (Å²) in [6.45, 7) is 5.95. The van der Waals surface area contributed by atoms with Gasteiger partial charge in [-0.1, -0.05) is 24.3 Å². The zero-order chi connectivity index (χ0) is 17.1. The van der Waals surface area contributed by atoms with Crippen LogP contribution in [0.5, 0.6) is 0 Å². The molecular weight excluding hydrogens is 310 g/mol. The molecule has 5 heteroatoms. The van der Waals surface area contributed by atoms with Crippen molar-refractivity contribution in [2.75, 3.05) is 6.54 Å². The van der Waals surface area contributed by atoms with Crippen LogP contribution in [0.25, 0.3) is 21.8 Å². The fourth-order valence-corrected chi connectivity index (χ4v) is 3.50. The van der Waals surface area contributed by atoms with E-state index in [0.717, 1.165) is 32.6 Å². The molecule has 128 valence electrons. The minimum absolute atomic E-state index is 0.888. The van der Waals surface area contributed by atoms with Crippen LogP contribution in [0.1, 0.15) is 18.9 Å². The first-order chi connectivity index (χ1) is 12.4. The molecule has 0 saturated heterocycles. The van der Waals surface area contributed by atoms with Crippen molar-refractivity contribution in [3.05, 3.63) is 60.7 Å². The van der Waals surface area contributed by atoms with Gasteiger partial charge in [-0.15, -0.1) is 0 Å². The summed E-state index contributed by atoms with van der Waals surface area (Å²) in [7, 11) is 0. The number of hydrogen-bond acceptors (Lipinski definition) is 3. The van der Waals surface area contributed by atoms with Gasteiger partial charge >= 0.3 is 0 Å². The van der Waals surface area contributed by atoms with E-state index in [4.69, 9.17) is 0 Å². The molecule has 25 heavy (non-hydrogen) atoms. The Morgan fingerprint density at radius 2 is 1.92 bits per heavy atom. The summed E-state index contributed by atoms with van der Waals surface area (Å²) in [6, 6.07) is 15.5. The normalized spacial score (nSPS) is 11.6. The number of hydrogen-bond donors (Lipinski definition) is 1. The van der Waals surface area contributed by atoms with Gasteiger partial charge < -0.3 is 9.88 Å². The van der Waals surface area contributed by atoms with Crippen LogP contribution in [-0.2, 0) is 19.6 Å². The first-order valence-electron chi connectivity index (χ1n) is 8.90. The lowest BCUT2D eigenvalue weighted by Gasteiger charge is -2.06. The van der Waals surface area contributed by atoms with Gasteiger partial charge in [0, 0.05) is 41.4 Å². The van der Waals surface area contributed by atoms with E-state index in [2.05, 4.69) is 69.4 Å². The SMILES string of the molecule is CCn1c2ccccc2c2cc(CNCCCn3cncn3)ccc21. The van der Waals surface area contributed by atoms with Crippen LogP contribution in [0, 0.1) is 0 Å². The Morgan fingerprint density at radius 3 is 2.76 bits per heavy atom. The molecule has 2 aromatic carbocycles. The number of nitrogens with one attached hydrogen (secondary N) is 1. The summed E-state index contributed by atoms with van der Waals surface area (Å²) in [5.74, 6) is 0. The lowest BCUT2D eigenvalue weighted by atomic mass is 10.1. The molecule has 0 aliphatic carbocycles. The molecule has 5 nitrogen and oxygen atoms in total. The third kappa shape index (κ3) is 3.15. The molecule has 2 heterocycles. The largest absolute Gasteiger partial charge is 0.341 e. The fraction of sp³-hybridized carbons (Fsp3) is 0.300. The minimum atomic E-state index is 0.888. The maximum atomic E-state index is 4.12. The van der Waals surface area contributed by atoms with E-state index in [-0.39, 0.29) is 0 Å². The van der Waals surface area contributed by atoms with E-state index in [9.17, 15) is 0 Å². The topological polar surface area (TPSA) is 47.7 Å². The number of fused-ring (bicyclic) bond motifs is 3. The highest BCUT2D eigenvalue weighted by Crippen LogP contribution is 2.29. The van der Waals surface area contributed by atoms with E-state index in [1.54, 1.807) is 12.7 Å². The maximum Gasteiger partial charge on any atom is 0.137 e. The van der Waals surface area contributed by atoms with Gasteiger partial charge in [-0.3, -0.25) is 4.68 Å². The maximum absolute atomic E-state index is 4.12. The Kier molecular flexibility index (Phi) is 4.48. The van der Waals surface area contributed by atoms with E-state index in [1.165, 1.54) is 27.4 Å². The quantitative estimate of drug-likeness (QED) is 0.526. The number of benzene rings is 2. The van der Waals surface area contributed by atoms with Crippen LogP contribution in [-0.4, -0.2) is 25.9 Å². The molecule has 4 rings (SSSR count). The predicted molar refractivity (Wildman–Crippen MR) is 101 cm³/mol. The number of para-hydroxylation sites is 1. The first kappa shape index (κ1) is 15.8. The summed E-state index contributed by atoms with van der Waals surface area (Å²) in [5.41, 5.74) is 3.96. The van der Waals surface area contributed by atoms with E-state index in [0.29, 0.717) is 0 Å². The van der Waals surface area contributed by atoms with Crippen LogP contribution in [0.3, 0.4) is 0 Å². The number of aromatic nitrogens is 4. The van der Waals surface area contributed by atoms with Gasteiger partial charge in [0.15, 0.2) is 0 Å². The van der Waals surface area contributed by atoms with Crippen molar-refractivity contribution < 1.29 is 0 Å². The molecule has 1 N–H and O–H groups in total. The van der Waals surface area contributed by atoms with Gasteiger partial charge in [-0.2, -0.15) is 5.10 Å². The number of aryl methyl sites for hydroxylation is 2. The highest BCUT2D eigenvalue weighted by Gasteiger charge is 2.09. The second-order valence-electron chi connectivity index (χ2n) is 6.30. The van der Waals surface area contributed by atoms with Crippen LogP contribution in [0.15, 0.2) is 55.1 Å². The van der Waals surface area contributed by atoms with Crippen LogP contribution in [0.2, 0.25) is 0 Å². The Balaban J connectivity index is 1.46. The van der Waals surface area contributed by atoms with Crippen LogP contribution in [0.4, 0.5) is 0 Å². The van der Waals surface area contributed by atoms with Crippen molar-refractivity contribution in [1.29, 1.82) is 0 Å². The first-order valence-corrected chi connectivity index (χ1v) is 8.90. The lowest BCUT2D eigenvalue weighted by Crippen LogP contribution is -2.16. The summed E-state index contributed by atoms with van der Waals surface area (Å²) in [6.07, 6.45) is 4.38. The molecule has 0 atom stereocenters. The van der Waals surface area contributed by atoms with Gasteiger partial charge in [-0.05, 0) is 43.7 Å². The molecule has 0 aliphatic heterocycles. The third-order valence-electron chi connectivity index (χ3n) is 4.69. The Bertz CT molecular complexity index is 969. The summed E-state index contributed by atoms with van der Waals surface area (Å²) in [4.78, 5) is 3.96. The Labute approximate surface area is 147 Å². The Morgan fingerprint density at radius 1 is 1.04 bits per heavy atom. The van der Waals surface area contributed by atoms with Crippen LogP contribution < -0.4 is 5.32 Å². The smallest absolute Gasteiger partial charge is 0.137 e. The molecule has 0 amide bonds. The van der Waals surface area contributed by atoms with Crippen molar-refractivity contribution in [3.8, 4) is 0 Å². The van der Waals surface area contributed by atoms with Crippen molar-refractivity contribution in [1.82, 2.24) is 24.6 Å². The average molecular weight is 333 g/mol. The van der Waals surface area contributed by atoms with Gasteiger partial charge in [-0.25, -0.2) is 4.98 Å². The molecule has 4 aromatic rings. The number of rotatable bonds is 7. The molecule has 0 spiro atoms. The molecule has 0 aliphatic rings. The van der Waals surface area contributed by atoms with E-state index in [1.807, 2.05) is 4.68 Å². The predicted octanol–water partition coefficient (Wildman–Crippen LogP) is 3.59. The summed E-state index contributed by atoms with van der Waals surface area (Å²) < 4.78 is 4.26. The zero-order valence-electron chi connectivity index (χ0n) is 14.5. The molecule has 0 fully saturated rings. The second kappa shape index (κ2) is 7.07. The zero-order valence-corrected chi connectivity index (χ0v) is 14.5. The van der Waals surface area contributed by atoms with E-state index < -0.39 is 0 Å². The van der Waals surface area contributed by atoms with Gasteiger partial charge in [0.25, 0.3) is 0 Å². The second-order valence-corrected chi connectivity index (χ2v) is 6.30. The van der Waals surface area contributed by atoms with Crippen LogP contribution >= 0.6 is 0 Å². The summed E-state index contributed by atoms with van der Waals surface area (Å²) >= 11 is 0. The van der Waals surface area contributed by atoms with E-state index >= 15 is 0 Å². The molecular formula is C20H23N5. The lowest BCUT2D eigenvalue weighted by molar-refractivity contribution is 0.542. The summed E-state index contributed by atoms with van der Waals surface area (Å²) in [5, 5.41) is 10.3. The average Bonchev–Trinajstić information content (AvgIpc) is 3.27. The fourth-order valence-electron chi connectivity index (χ4n) is 3.50. The highest BCUT2D eigenvalue weighted by atomic mass is 15.3. The van der Waals surface area contributed by atoms with Crippen molar-refractivity contribution in [2.45, 2.75) is 33.0 Å². The monoisotopic (exact) mass is 333 g/mol. The molecule has 0 unspecified atom stereocenters. The van der Waals surface area contributed by atoms with Gasteiger partial charge in [0.2, 0.25) is 0 Å². The van der Waals surface area contributed by atoms with Crippen molar-refractivity contribution in [2.24, 2.45) is 0 Å².